The Bertz CT molecular complexity index is 291. The number of carbonyl (C=O) groups excluding carboxylic acids is 2. The fourth-order valence-electron chi connectivity index (χ4n) is 0.914. The van der Waals surface area contributed by atoms with E-state index in [2.05, 4.69) is 4.74 Å². The van der Waals surface area contributed by atoms with Gasteiger partial charge in [-0.25, -0.2) is 0 Å². The highest BCUT2D eigenvalue weighted by Crippen LogP contribution is 2.18. The molecule has 0 bridgehead atoms. The third kappa shape index (κ3) is 6.19. The van der Waals surface area contributed by atoms with E-state index in [0.29, 0.717) is 6.61 Å². The Labute approximate surface area is 94.4 Å². The molecule has 1 aliphatic heterocycles. The van der Waals surface area contributed by atoms with Crippen molar-refractivity contribution in [2.24, 2.45) is 0 Å². The minimum Gasteiger partial charge on any atom is -0.463 e. The van der Waals surface area contributed by atoms with E-state index >= 15 is 0 Å². The molecule has 0 spiro atoms. The Kier molecular flexibility index (Phi) is 4.98. The molecule has 1 aliphatic carbocycles. The quantitative estimate of drug-likeness (QED) is 0.536. The molecule has 0 aromatic carbocycles. The second kappa shape index (κ2) is 6.27. The molecule has 1 heterocycles. The molecule has 5 nitrogen and oxygen atoms in total. The Morgan fingerprint density at radius 2 is 2.06 bits per heavy atom. The molecule has 0 aromatic rings. The van der Waals surface area contributed by atoms with E-state index in [1.165, 1.54) is 13.8 Å². The molecule has 0 aromatic heterocycles. The molecule has 2 rings (SSSR count). The van der Waals surface area contributed by atoms with Gasteiger partial charge in [-0.2, -0.15) is 0 Å². The Hall–Kier alpha value is -1.36. The summed E-state index contributed by atoms with van der Waals surface area (Å²) in [5, 5.41) is 0. The van der Waals surface area contributed by atoms with Crippen LogP contribution in [0, 0.1) is 0 Å². The van der Waals surface area contributed by atoms with Crippen LogP contribution in [0.25, 0.3) is 0 Å². The standard InChI is InChI=1S/C6H8O2.C5H8O3/c1-5(7)8-6-3-2-4-6;1-4(6)7-2-5-3-8-5/h3H,2,4H2,1H3;5H,2-3H2,1H3. The fourth-order valence-corrected chi connectivity index (χ4v) is 0.914. The third-order valence-electron chi connectivity index (χ3n) is 1.91. The second-order valence-electron chi connectivity index (χ2n) is 3.56. The predicted molar refractivity (Wildman–Crippen MR) is 55.5 cm³/mol. The summed E-state index contributed by atoms with van der Waals surface area (Å²) in [6, 6.07) is 0. The van der Waals surface area contributed by atoms with Gasteiger partial charge in [0.05, 0.1) is 6.61 Å². The van der Waals surface area contributed by atoms with Crippen LogP contribution in [0.5, 0.6) is 0 Å². The summed E-state index contributed by atoms with van der Waals surface area (Å²) in [6.07, 6.45) is 4.10. The van der Waals surface area contributed by atoms with Crippen molar-refractivity contribution in [2.75, 3.05) is 13.2 Å². The van der Waals surface area contributed by atoms with E-state index < -0.39 is 0 Å². The summed E-state index contributed by atoms with van der Waals surface area (Å²) in [7, 11) is 0. The highest BCUT2D eigenvalue weighted by Gasteiger charge is 2.23. The summed E-state index contributed by atoms with van der Waals surface area (Å²) in [5.74, 6) is 0.383. The average molecular weight is 228 g/mol. The van der Waals surface area contributed by atoms with Crippen molar-refractivity contribution in [2.45, 2.75) is 32.8 Å². The van der Waals surface area contributed by atoms with Crippen molar-refractivity contribution in [3.63, 3.8) is 0 Å². The zero-order valence-electron chi connectivity index (χ0n) is 9.52. The monoisotopic (exact) mass is 228 g/mol. The molecule has 1 atom stereocenters. The minimum atomic E-state index is -0.236. The van der Waals surface area contributed by atoms with E-state index in [9.17, 15) is 9.59 Å². The van der Waals surface area contributed by atoms with Gasteiger partial charge in [0.1, 0.15) is 18.5 Å². The number of rotatable bonds is 3. The number of hydrogen-bond acceptors (Lipinski definition) is 5. The van der Waals surface area contributed by atoms with Crippen molar-refractivity contribution in [1.29, 1.82) is 0 Å². The number of epoxide rings is 1. The van der Waals surface area contributed by atoms with E-state index in [1.807, 2.05) is 6.08 Å². The van der Waals surface area contributed by atoms with E-state index in [1.54, 1.807) is 0 Å². The first-order chi connectivity index (χ1) is 7.58. The van der Waals surface area contributed by atoms with Crippen LogP contribution in [-0.4, -0.2) is 31.3 Å². The number of allylic oxidation sites excluding steroid dienone is 2. The lowest BCUT2D eigenvalue weighted by molar-refractivity contribution is -0.141. The molecule has 1 unspecified atom stereocenters. The van der Waals surface area contributed by atoms with Gasteiger partial charge >= 0.3 is 11.9 Å². The minimum absolute atomic E-state index is 0.193. The first-order valence-corrected chi connectivity index (χ1v) is 5.20. The summed E-state index contributed by atoms with van der Waals surface area (Å²) < 4.78 is 14.1. The van der Waals surface area contributed by atoms with Crippen molar-refractivity contribution < 1.29 is 23.8 Å². The van der Waals surface area contributed by atoms with Crippen LogP contribution < -0.4 is 0 Å². The summed E-state index contributed by atoms with van der Waals surface area (Å²) in [4.78, 5) is 20.3. The normalized spacial score (nSPS) is 20.6. The van der Waals surface area contributed by atoms with Crippen LogP contribution in [0.2, 0.25) is 0 Å². The van der Waals surface area contributed by atoms with Crippen LogP contribution in [0.4, 0.5) is 0 Å². The Morgan fingerprint density at radius 3 is 2.31 bits per heavy atom. The van der Waals surface area contributed by atoms with Crippen LogP contribution >= 0.6 is 0 Å². The molecule has 1 fully saturated rings. The second-order valence-corrected chi connectivity index (χ2v) is 3.56. The smallest absolute Gasteiger partial charge is 0.307 e. The maximum absolute atomic E-state index is 10.2. The highest BCUT2D eigenvalue weighted by atomic mass is 16.6. The molecule has 5 heteroatoms. The lowest BCUT2D eigenvalue weighted by Crippen LogP contribution is -2.05. The first kappa shape index (κ1) is 12.7. The molecular weight excluding hydrogens is 212 g/mol. The number of carbonyl (C=O) groups is 2. The van der Waals surface area contributed by atoms with Gasteiger partial charge in [-0.15, -0.1) is 0 Å². The van der Waals surface area contributed by atoms with Gasteiger partial charge in [-0.05, 0) is 12.5 Å². The van der Waals surface area contributed by atoms with Gasteiger partial charge in [0.25, 0.3) is 0 Å². The molecule has 0 radical (unpaired) electrons. The van der Waals surface area contributed by atoms with Gasteiger partial charge in [0.2, 0.25) is 0 Å². The molecule has 2 aliphatic rings. The van der Waals surface area contributed by atoms with Crippen LogP contribution in [-0.2, 0) is 23.8 Å². The fraction of sp³-hybridized carbons (Fsp3) is 0.636. The summed E-state index contributed by atoms with van der Waals surface area (Å²) in [5.41, 5.74) is 0. The number of hydrogen-bond donors (Lipinski definition) is 0. The van der Waals surface area contributed by atoms with Gasteiger partial charge < -0.3 is 14.2 Å². The number of esters is 2. The van der Waals surface area contributed by atoms with Crippen molar-refractivity contribution in [3.05, 3.63) is 11.8 Å². The molecule has 90 valence electrons. The van der Waals surface area contributed by atoms with Crippen molar-refractivity contribution >= 4 is 11.9 Å². The predicted octanol–water partition coefficient (Wildman–Crippen LogP) is 1.18. The lowest BCUT2D eigenvalue weighted by Gasteiger charge is -2.11. The highest BCUT2D eigenvalue weighted by molar-refractivity contribution is 5.67. The Morgan fingerprint density at radius 1 is 1.44 bits per heavy atom. The van der Waals surface area contributed by atoms with E-state index in [0.717, 1.165) is 25.2 Å². The molecule has 0 saturated carbocycles. The zero-order valence-corrected chi connectivity index (χ0v) is 9.52. The van der Waals surface area contributed by atoms with E-state index in [4.69, 9.17) is 9.47 Å². The number of ether oxygens (including phenoxy) is 3. The maximum Gasteiger partial charge on any atom is 0.307 e. The Balaban J connectivity index is 0.000000160. The van der Waals surface area contributed by atoms with Gasteiger partial charge in [0.15, 0.2) is 0 Å². The molecule has 0 N–H and O–H groups in total. The molecule has 0 amide bonds. The zero-order chi connectivity index (χ0) is 12.0. The van der Waals surface area contributed by atoms with Crippen LogP contribution in [0.3, 0.4) is 0 Å². The average Bonchev–Trinajstić information content (AvgIpc) is 2.92. The molecule has 16 heavy (non-hydrogen) atoms. The van der Waals surface area contributed by atoms with Gasteiger partial charge in [0, 0.05) is 20.3 Å². The van der Waals surface area contributed by atoms with E-state index in [-0.39, 0.29) is 18.0 Å². The van der Waals surface area contributed by atoms with Crippen LogP contribution in [0.1, 0.15) is 26.7 Å². The topological polar surface area (TPSA) is 65.1 Å². The lowest BCUT2D eigenvalue weighted by atomic mass is 10.1. The van der Waals surface area contributed by atoms with Gasteiger partial charge in [-0.3, -0.25) is 9.59 Å². The van der Waals surface area contributed by atoms with Crippen molar-refractivity contribution in [3.8, 4) is 0 Å². The molecular formula is C11H16O5. The molecule has 1 saturated heterocycles. The van der Waals surface area contributed by atoms with Crippen LogP contribution in [0.15, 0.2) is 11.8 Å². The largest absolute Gasteiger partial charge is 0.463 e. The van der Waals surface area contributed by atoms with Gasteiger partial charge in [-0.1, -0.05) is 0 Å². The summed E-state index contributed by atoms with van der Waals surface area (Å²) >= 11 is 0. The summed E-state index contributed by atoms with van der Waals surface area (Å²) in [6.45, 7) is 3.98. The third-order valence-corrected chi connectivity index (χ3v) is 1.91. The van der Waals surface area contributed by atoms with Crippen molar-refractivity contribution in [1.82, 2.24) is 0 Å². The maximum atomic E-state index is 10.2. The SMILES string of the molecule is CC(=O)OC1=CCC1.CC(=O)OCC1CO1. The first-order valence-electron chi connectivity index (χ1n) is 5.20.